The second-order valence-electron chi connectivity index (χ2n) is 37.6. The van der Waals surface area contributed by atoms with Crippen molar-refractivity contribution in [2.24, 2.45) is 0 Å². The highest BCUT2D eigenvalue weighted by Crippen LogP contribution is 2.45. The van der Waals surface area contributed by atoms with Crippen molar-refractivity contribution in [3.05, 3.63) is 174 Å². The highest BCUT2D eigenvalue weighted by atomic mass is 28.3. The normalized spacial score (nSPS) is 12.5. The summed E-state index contributed by atoms with van der Waals surface area (Å²) in [5, 5.41) is 0. The minimum atomic E-state index is -2.14. The maximum Gasteiger partial charge on any atom is 0.146 e. The fourth-order valence-corrected chi connectivity index (χ4v) is 37.7. The zero-order chi connectivity index (χ0) is 77.4. The SMILES string of the molecule is CC(C)[Si](C#Cc1cc(C(C)(C)C)ccc1C#Cc1cc(C#Cc2ccc(C(C)(C)C)cc2C#C[Si](C(C)C)(C(C)C)C(C)C)c(C#Cc2ccc(C(C)(C)C)cc2C#C[Si](C(C)C)(C(C)C)C(C)C)cc1C#Cc1ccc(C(C)(C)C)cc1C#C[Si](C(C)C)(C(C)C)C(C)C)(C(C)C)C(C)C. The summed E-state index contributed by atoms with van der Waals surface area (Å²) >= 11 is 0. The van der Waals surface area contributed by atoms with Crippen molar-refractivity contribution in [3.8, 4) is 93.2 Å². The minimum Gasteiger partial charge on any atom is -0.125 e. The summed E-state index contributed by atoms with van der Waals surface area (Å²) in [6.07, 6.45) is 0. The Morgan fingerprint density at radius 2 is 0.304 bits per heavy atom. The molecule has 0 spiro atoms. The number of benzene rings is 5. The third-order valence-electron chi connectivity index (χ3n) is 23.1. The fraction of sp³-hybridized carbons (Fsp3) is 0.531. The first-order valence-corrected chi connectivity index (χ1v) is 47.9. The van der Waals surface area contributed by atoms with Gasteiger partial charge in [-0.2, -0.15) is 0 Å². The Hall–Kier alpha value is -6.55. The van der Waals surface area contributed by atoms with Crippen LogP contribution in [-0.4, -0.2) is 32.3 Å². The molecule has 0 radical (unpaired) electrons. The molecule has 5 aromatic carbocycles. The summed E-state index contributed by atoms with van der Waals surface area (Å²) < 4.78 is 0. The molecular formula is C98H134Si4. The lowest BCUT2D eigenvalue weighted by Crippen LogP contribution is -2.43. The van der Waals surface area contributed by atoms with Crippen LogP contribution in [0.2, 0.25) is 66.5 Å². The molecule has 0 saturated carbocycles. The van der Waals surface area contributed by atoms with Crippen LogP contribution >= 0.6 is 0 Å². The van der Waals surface area contributed by atoms with Crippen LogP contribution in [-0.2, 0) is 21.7 Å². The fourth-order valence-electron chi connectivity index (χ4n) is 16.9. The van der Waals surface area contributed by atoms with E-state index < -0.39 is 32.3 Å². The Morgan fingerprint density at radius 1 is 0.176 bits per heavy atom. The van der Waals surface area contributed by atoms with Crippen LogP contribution < -0.4 is 0 Å². The molecular weight excluding hydrogens is 1290 g/mol. The molecule has 0 saturated heterocycles. The first kappa shape index (κ1) is 86.1. The molecule has 0 amide bonds. The average molecular weight is 1420 g/mol. The van der Waals surface area contributed by atoms with Gasteiger partial charge in [0.05, 0.1) is 0 Å². The summed E-state index contributed by atoms with van der Waals surface area (Å²) in [6.45, 7) is 84.7. The standard InChI is InChI=1S/C98H134Si4/c1-67(2)99(68(3)4,69(5)6)57-53-87-63-91(95(25,26)27)49-45-79(87)37-41-83-61-85(43-39-81-47-51-93(97(31,32)33)65-89(81)55-59-101(73(13)14,74(15)16)75(17)18)86(44-40-82-48-52-94(98(34,35)36)66-90(82)56-60-102(76(19)20,77(21)22)78(23)24)62-84(83)42-38-80-46-50-92(96(28,29)30)64-88(80)54-58-100(70(7)8,71(9)10)72(11)12/h45-52,61-78H,1-36H3. The largest absolute Gasteiger partial charge is 0.146 e. The van der Waals surface area contributed by atoms with Gasteiger partial charge in [-0.15, -0.1) is 22.2 Å². The van der Waals surface area contributed by atoms with Crippen molar-refractivity contribution in [2.45, 2.75) is 337 Å². The van der Waals surface area contributed by atoms with Gasteiger partial charge in [0, 0.05) is 66.8 Å². The van der Waals surface area contributed by atoms with Crippen molar-refractivity contribution in [2.75, 3.05) is 0 Å². The smallest absolute Gasteiger partial charge is 0.125 e. The van der Waals surface area contributed by atoms with Crippen molar-refractivity contribution < 1.29 is 0 Å². The van der Waals surface area contributed by atoms with E-state index in [1.807, 2.05) is 0 Å². The molecule has 0 atom stereocenters. The molecule has 5 rings (SSSR count). The van der Waals surface area contributed by atoms with E-state index in [9.17, 15) is 0 Å². The molecule has 0 aliphatic rings. The lowest BCUT2D eigenvalue weighted by molar-refractivity contribution is 0.590. The lowest BCUT2D eigenvalue weighted by Gasteiger charge is -2.38. The predicted octanol–water partition coefficient (Wildman–Crippen LogP) is 26.8. The van der Waals surface area contributed by atoms with Crippen LogP contribution in [0.25, 0.3) is 0 Å². The summed E-state index contributed by atoms with van der Waals surface area (Å²) in [6, 6.07) is 31.3. The zero-order valence-corrected chi connectivity index (χ0v) is 75.0. The number of hydrogen-bond acceptors (Lipinski definition) is 0. The van der Waals surface area contributed by atoms with Gasteiger partial charge in [0.1, 0.15) is 32.3 Å². The lowest BCUT2D eigenvalue weighted by atomic mass is 9.85. The Labute approximate surface area is 632 Å². The molecule has 0 bridgehead atoms. The van der Waals surface area contributed by atoms with E-state index in [1.165, 1.54) is 22.3 Å². The molecule has 0 nitrogen and oxygen atoms in total. The number of rotatable bonds is 12. The first-order valence-electron chi connectivity index (χ1n) is 38.9. The van der Waals surface area contributed by atoms with E-state index >= 15 is 0 Å². The van der Waals surface area contributed by atoms with Gasteiger partial charge in [-0.05, 0) is 171 Å². The van der Waals surface area contributed by atoms with E-state index in [2.05, 4.69) is 427 Å². The first-order chi connectivity index (χ1) is 47.0. The van der Waals surface area contributed by atoms with Gasteiger partial charge in [0.15, 0.2) is 0 Å². The summed E-state index contributed by atoms with van der Waals surface area (Å²) in [4.78, 5) is 0. The Bertz CT molecular complexity index is 3710. The van der Waals surface area contributed by atoms with Crippen molar-refractivity contribution >= 4 is 32.3 Å². The Kier molecular flexibility index (Phi) is 28.8. The van der Waals surface area contributed by atoms with Crippen LogP contribution in [0.1, 0.15) is 338 Å². The van der Waals surface area contributed by atoms with E-state index in [4.69, 9.17) is 0 Å². The molecule has 0 unspecified atom stereocenters. The Morgan fingerprint density at radius 3 is 0.431 bits per heavy atom. The summed E-state index contributed by atoms with van der Waals surface area (Å²) in [5.74, 6) is 45.9. The van der Waals surface area contributed by atoms with Crippen LogP contribution in [0.15, 0.2) is 84.9 Å². The molecule has 0 heterocycles. The van der Waals surface area contributed by atoms with Crippen LogP contribution in [0.3, 0.4) is 0 Å². The molecule has 0 fully saturated rings. The van der Waals surface area contributed by atoms with E-state index in [0.29, 0.717) is 66.5 Å². The van der Waals surface area contributed by atoms with E-state index in [1.54, 1.807) is 0 Å². The topological polar surface area (TPSA) is 0 Å². The van der Waals surface area contributed by atoms with Gasteiger partial charge in [-0.3, -0.25) is 0 Å². The molecule has 102 heavy (non-hydrogen) atoms. The third-order valence-corrected chi connectivity index (χ3v) is 48.3. The van der Waals surface area contributed by atoms with Gasteiger partial charge in [-0.1, -0.05) is 345 Å². The second kappa shape index (κ2) is 34.1. The molecule has 0 aliphatic carbocycles. The Balaban J connectivity index is 2.15. The monoisotopic (exact) mass is 1420 g/mol. The van der Waals surface area contributed by atoms with Crippen LogP contribution in [0.5, 0.6) is 0 Å². The third kappa shape index (κ3) is 19.7. The van der Waals surface area contributed by atoms with Gasteiger partial charge in [0.25, 0.3) is 0 Å². The van der Waals surface area contributed by atoms with Gasteiger partial charge >= 0.3 is 0 Å². The maximum atomic E-state index is 4.08. The molecule has 542 valence electrons. The highest BCUT2D eigenvalue weighted by Gasteiger charge is 2.45. The predicted molar refractivity (Wildman–Crippen MR) is 463 cm³/mol. The van der Waals surface area contributed by atoms with Crippen molar-refractivity contribution in [3.63, 3.8) is 0 Å². The van der Waals surface area contributed by atoms with Crippen molar-refractivity contribution in [1.82, 2.24) is 0 Å². The second-order valence-corrected chi connectivity index (χ2v) is 59.9. The molecule has 5 aromatic rings. The van der Waals surface area contributed by atoms with Crippen LogP contribution in [0, 0.1) is 93.2 Å². The van der Waals surface area contributed by atoms with Gasteiger partial charge in [-0.25, -0.2) is 0 Å². The minimum absolute atomic E-state index is 0.0972. The number of hydrogen-bond donors (Lipinski definition) is 0. The maximum absolute atomic E-state index is 4.08. The highest BCUT2D eigenvalue weighted by molar-refractivity contribution is 6.92. The van der Waals surface area contributed by atoms with Crippen molar-refractivity contribution in [1.29, 1.82) is 0 Å². The van der Waals surface area contributed by atoms with E-state index in [-0.39, 0.29) is 21.7 Å². The zero-order valence-electron chi connectivity index (χ0n) is 71.0. The molecule has 0 N–H and O–H groups in total. The van der Waals surface area contributed by atoms with Crippen LogP contribution in [0.4, 0.5) is 0 Å². The molecule has 0 aromatic heterocycles. The average Bonchev–Trinajstić information content (AvgIpc) is 0.806. The molecule has 0 aliphatic heterocycles. The summed E-state index contributed by atoms with van der Waals surface area (Å²) in [7, 11) is -8.55. The van der Waals surface area contributed by atoms with Gasteiger partial charge < -0.3 is 0 Å². The molecule has 4 heteroatoms. The van der Waals surface area contributed by atoms with E-state index in [0.717, 1.165) is 66.8 Å². The quantitative estimate of drug-likeness (QED) is 0.0863. The van der Waals surface area contributed by atoms with Gasteiger partial charge in [0.2, 0.25) is 0 Å². The summed E-state index contributed by atoms with van der Waals surface area (Å²) in [5.41, 5.74) is 37.1.